The molecular weight excluding hydrogens is 296 g/mol. The second-order valence-electron chi connectivity index (χ2n) is 4.58. The molecule has 1 atom stereocenters. The molecule has 4 N–H and O–H groups in total. The quantitative estimate of drug-likeness (QED) is 0.581. The van der Waals surface area contributed by atoms with Crippen LogP contribution in [-0.2, 0) is 16.1 Å². The van der Waals surface area contributed by atoms with Crippen molar-refractivity contribution in [3.05, 3.63) is 21.9 Å². The van der Waals surface area contributed by atoms with Gasteiger partial charge in [0.05, 0.1) is 0 Å². The van der Waals surface area contributed by atoms with Gasteiger partial charge in [0.15, 0.2) is 0 Å². The predicted octanol–water partition coefficient (Wildman–Crippen LogP) is 1.56. The maximum Gasteiger partial charge on any atom is 0.326 e. The van der Waals surface area contributed by atoms with Crippen LogP contribution in [0.3, 0.4) is 0 Å². The van der Waals surface area contributed by atoms with Gasteiger partial charge in [-0.1, -0.05) is 0 Å². The standard InChI is InChI=1S/C13H18N2O5S/c1-8-6-21-7-9(8)5-14-13(20)15-10(12(18)19)3-2-4-11(16)17/h6-7,10H,2-5H2,1H3,(H,16,17)(H,18,19)(H2,14,15,20)/t10-/m1/s1. The smallest absolute Gasteiger partial charge is 0.326 e. The van der Waals surface area contributed by atoms with Crippen LogP contribution in [0.4, 0.5) is 4.79 Å². The Bertz CT molecular complexity index is 514. The maximum atomic E-state index is 11.7. The summed E-state index contributed by atoms with van der Waals surface area (Å²) in [6.45, 7) is 2.25. The van der Waals surface area contributed by atoms with Gasteiger partial charge in [0.2, 0.25) is 0 Å². The van der Waals surface area contributed by atoms with Crippen LogP contribution >= 0.6 is 11.3 Å². The highest BCUT2D eigenvalue weighted by Crippen LogP contribution is 2.12. The minimum Gasteiger partial charge on any atom is -0.481 e. The number of carboxylic acid groups (broad SMARTS) is 2. The van der Waals surface area contributed by atoms with Crippen molar-refractivity contribution in [2.75, 3.05) is 0 Å². The summed E-state index contributed by atoms with van der Waals surface area (Å²) >= 11 is 1.53. The van der Waals surface area contributed by atoms with E-state index >= 15 is 0 Å². The van der Waals surface area contributed by atoms with E-state index in [1.165, 1.54) is 11.3 Å². The third-order valence-corrected chi connectivity index (χ3v) is 3.80. The SMILES string of the molecule is Cc1cscc1CNC(=O)N[C@H](CCCC(=O)O)C(=O)O. The van der Waals surface area contributed by atoms with Gasteiger partial charge in [0, 0.05) is 13.0 Å². The lowest BCUT2D eigenvalue weighted by molar-refractivity contribution is -0.140. The summed E-state index contributed by atoms with van der Waals surface area (Å²) in [5.74, 6) is -2.17. The zero-order valence-corrected chi connectivity index (χ0v) is 12.4. The summed E-state index contributed by atoms with van der Waals surface area (Å²) in [5.41, 5.74) is 2.05. The van der Waals surface area contributed by atoms with Crippen LogP contribution in [0.1, 0.15) is 30.4 Å². The number of aliphatic carboxylic acids is 2. The molecule has 1 rings (SSSR count). The third-order valence-electron chi connectivity index (χ3n) is 2.89. The number of carboxylic acids is 2. The van der Waals surface area contributed by atoms with Crippen molar-refractivity contribution in [3.63, 3.8) is 0 Å². The van der Waals surface area contributed by atoms with Gasteiger partial charge in [-0.2, -0.15) is 11.3 Å². The molecule has 1 heterocycles. The van der Waals surface area contributed by atoms with Gasteiger partial charge in [0.1, 0.15) is 6.04 Å². The maximum absolute atomic E-state index is 11.7. The van der Waals surface area contributed by atoms with Crippen LogP contribution in [0.2, 0.25) is 0 Å². The Morgan fingerprint density at radius 2 is 2.00 bits per heavy atom. The van der Waals surface area contributed by atoms with Gasteiger partial charge in [-0.15, -0.1) is 0 Å². The van der Waals surface area contributed by atoms with Gasteiger partial charge in [0.25, 0.3) is 0 Å². The Morgan fingerprint density at radius 3 is 2.52 bits per heavy atom. The van der Waals surface area contributed by atoms with Crippen molar-refractivity contribution >= 4 is 29.3 Å². The summed E-state index contributed by atoms with van der Waals surface area (Å²) < 4.78 is 0. The number of urea groups is 1. The monoisotopic (exact) mass is 314 g/mol. The molecule has 0 bridgehead atoms. The fourth-order valence-corrected chi connectivity index (χ4v) is 2.52. The second-order valence-corrected chi connectivity index (χ2v) is 5.33. The molecule has 7 nitrogen and oxygen atoms in total. The van der Waals surface area contributed by atoms with Gasteiger partial charge in [-0.3, -0.25) is 4.79 Å². The van der Waals surface area contributed by atoms with E-state index in [2.05, 4.69) is 10.6 Å². The first-order valence-electron chi connectivity index (χ1n) is 6.40. The largest absolute Gasteiger partial charge is 0.481 e. The molecule has 0 aliphatic rings. The number of amides is 2. The van der Waals surface area contributed by atoms with E-state index in [-0.39, 0.29) is 19.3 Å². The van der Waals surface area contributed by atoms with E-state index in [9.17, 15) is 14.4 Å². The van der Waals surface area contributed by atoms with E-state index in [0.29, 0.717) is 6.54 Å². The average molecular weight is 314 g/mol. The Hall–Kier alpha value is -2.09. The number of carbonyl (C=O) groups is 3. The van der Waals surface area contributed by atoms with E-state index < -0.39 is 24.0 Å². The fourth-order valence-electron chi connectivity index (χ4n) is 1.67. The van der Waals surface area contributed by atoms with Crippen LogP contribution < -0.4 is 10.6 Å². The Morgan fingerprint density at radius 1 is 1.29 bits per heavy atom. The lowest BCUT2D eigenvalue weighted by Crippen LogP contribution is -2.45. The molecular formula is C13H18N2O5S. The molecule has 0 fully saturated rings. The summed E-state index contributed by atoms with van der Waals surface area (Å²) in [7, 11) is 0. The molecule has 1 aromatic heterocycles. The number of aryl methyl sites for hydroxylation is 1. The number of hydrogen-bond acceptors (Lipinski definition) is 4. The molecule has 0 saturated heterocycles. The first-order valence-corrected chi connectivity index (χ1v) is 7.35. The van der Waals surface area contributed by atoms with E-state index in [0.717, 1.165) is 11.1 Å². The van der Waals surface area contributed by atoms with E-state index in [1.54, 1.807) is 0 Å². The fraction of sp³-hybridized carbons (Fsp3) is 0.462. The number of carbonyl (C=O) groups excluding carboxylic acids is 1. The average Bonchev–Trinajstić information content (AvgIpc) is 2.80. The van der Waals surface area contributed by atoms with Crippen LogP contribution in [0, 0.1) is 6.92 Å². The Balaban J connectivity index is 2.39. The highest BCUT2D eigenvalue weighted by Gasteiger charge is 2.19. The molecule has 116 valence electrons. The molecule has 0 spiro atoms. The number of rotatable bonds is 8. The minimum atomic E-state index is -1.18. The highest BCUT2D eigenvalue weighted by atomic mass is 32.1. The Kier molecular flexibility index (Phi) is 6.67. The van der Waals surface area contributed by atoms with Gasteiger partial charge in [-0.25, -0.2) is 9.59 Å². The molecule has 0 unspecified atom stereocenters. The number of nitrogens with one attached hydrogen (secondary N) is 2. The molecule has 0 radical (unpaired) electrons. The molecule has 1 aromatic rings. The zero-order chi connectivity index (χ0) is 15.8. The van der Waals surface area contributed by atoms with Crippen LogP contribution in [-0.4, -0.2) is 34.2 Å². The molecule has 2 amide bonds. The molecule has 0 aliphatic heterocycles. The highest BCUT2D eigenvalue weighted by molar-refractivity contribution is 7.08. The van der Waals surface area contributed by atoms with Gasteiger partial charge in [-0.05, 0) is 41.7 Å². The molecule has 8 heteroatoms. The van der Waals surface area contributed by atoms with Crippen molar-refractivity contribution < 1.29 is 24.6 Å². The molecule has 0 aromatic carbocycles. The zero-order valence-electron chi connectivity index (χ0n) is 11.6. The van der Waals surface area contributed by atoms with Crippen molar-refractivity contribution in [1.29, 1.82) is 0 Å². The normalized spacial score (nSPS) is 11.7. The van der Waals surface area contributed by atoms with Crippen LogP contribution in [0.5, 0.6) is 0 Å². The van der Waals surface area contributed by atoms with Gasteiger partial charge < -0.3 is 20.8 Å². The summed E-state index contributed by atoms with van der Waals surface area (Å²) in [5, 5.41) is 26.3. The van der Waals surface area contributed by atoms with Gasteiger partial charge >= 0.3 is 18.0 Å². The predicted molar refractivity (Wildman–Crippen MR) is 77.3 cm³/mol. The van der Waals surface area contributed by atoms with E-state index in [1.807, 2.05) is 17.7 Å². The van der Waals surface area contributed by atoms with Crippen molar-refractivity contribution in [2.45, 2.75) is 38.8 Å². The summed E-state index contributed by atoms with van der Waals surface area (Å²) in [6.07, 6.45) is 0.143. The minimum absolute atomic E-state index is 0.0759. The summed E-state index contributed by atoms with van der Waals surface area (Å²) in [6, 6.07) is -1.67. The van der Waals surface area contributed by atoms with Crippen molar-refractivity contribution in [2.24, 2.45) is 0 Å². The van der Waals surface area contributed by atoms with Crippen molar-refractivity contribution in [1.82, 2.24) is 10.6 Å². The molecule has 21 heavy (non-hydrogen) atoms. The Labute approximate surface area is 126 Å². The second kappa shape index (κ2) is 8.25. The molecule has 0 saturated carbocycles. The van der Waals surface area contributed by atoms with Crippen LogP contribution in [0.25, 0.3) is 0 Å². The lowest BCUT2D eigenvalue weighted by Gasteiger charge is -2.14. The van der Waals surface area contributed by atoms with Crippen LogP contribution in [0.15, 0.2) is 10.8 Å². The third kappa shape index (κ3) is 6.26. The first-order chi connectivity index (χ1) is 9.90. The number of thiophene rings is 1. The topological polar surface area (TPSA) is 116 Å². The lowest BCUT2D eigenvalue weighted by atomic mass is 10.1. The summed E-state index contributed by atoms with van der Waals surface area (Å²) in [4.78, 5) is 33.1. The van der Waals surface area contributed by atoms with E-state index in [4.69, 9.17) is 10.2 Å². The van der Waals surface area contributed by atoms with Crippen molar-refractivity contribution in [3.8, 4) is 0 Å². The molecule has 0 aliphatic carbocycles. The number of hydrogen-bond donors (Lipinski definition) is 4. The first kappa shape index (κ1) is 17.0.